The van der Waals surface area contributed by atoms with Crippen LogP contribution >= 0.6 is 0 Å². The normalized spacial score (nSPS) is 25.8. The second-order valence-electron chi connectivity index (χ2n) is 5.62. The molecule has 2 fully saturated rings. The number of rotatable bonds is 2. The van der Waals surface area contributed by atoms with E-state index < -0.39 is 0 Å². The molecule has 2 heterocycles. The third-order valence-corrected chi connectivity index (χ3v) is 4.23. The molecule has 1 aliphatic carbocycles. The molecule has 1 saturated carbocycles. The maximum Gasteiger partial charge on any atom is 0.188 e. The molecule has 88 valence electrons. The lowest BCUT2D eigenvalue weighted by Gasteiger charge is -2.51. The molecule has 0 amide bonds. The van der Waals surface area contributed by atoms with Gasteiger partial charge in [-0.3, -0.25) is 4.90 Å². The maximum absolute atomic E-state index is 4.00. The summed E-state index contributed by atoms with van der Waals surface area (Å²) in [5.41, 5.74) is 0.702. The van der Waals surface area contributed by atoms with Crippen molar-refractivity contribution in [3.63, 3.8) is 0 Å². The van der Waals surface area contributed by atoms with E-state index in [4.69, 9.17) is 0 Å². The van der Waals surface area contributed by atoms with Crippen LogP contribution in [0.2, 0.25) is 0 Å². The molecule has 1 aromatic rings. The van der Waals surface area contributed by atoms with E-state index in [1.807, 2.05) is 0 Å². The summed E-state index contributed by atoms with van der Waals surface area (Å²) in [7, 11) is 0. The number of H-pyrrole nitrogens is 1. The van der Waals surface area contributed by atoms with E-state index in [1.165, 1.54) is 38.8 Å². The molecule has 16 heavy (non-hydrogen) atoms. The van der Waals surface area contributed by atoms with Gasteiger partial charge in [-0.05, 0) is 50.1 Å². The van der Waals surface area contributed by atoms with Gasteiger partial charge in [0.05, 0.1) is 6.54 Å². The first-order valence-electron chi connectivity index (χ1n) is 6.20. The van der Waals surface area contributed by atoms with Crippen molar-refractivity contribution in [1.29, 1.82) is 0 Å². The van der Waals surface area contributed by atoms with Crippen LogP contribution in [-0.4, -0.2) is 38.6 Å². The van der Waals surface area contributed by atoms with E-state index in [-0.39, 0.29) is 0 Å². The van der Waals surface area contributed by atoms with Gasteiger partial charge in [-0.1, -0.05) is 12.1 Å². The summed E-state index contributed by atoms with van der Waals surface area (Å²) >= 11 is 0. The Balaban J connectivity index is 1.51. The van der Waals surface area contributed by atoms with Crippen LogP contribution < -0.4 is 0 Å². The van der Waals surface area contributed by atoms with E-state index in [9.17, 15) is 0 Å². The zero-order chi connectivity index (χ0) is 11.0. The topological polar surface area (TPSA) is 57.7 Å². The highest BCUT2D eigenvalue weighted by atomic mass is 15.5. The van der Waals surface area contributed by atoms with Crippen molar-refractivity contribution in [2.45, 2.75) is 39.2 Å². The first-order valence-corrected chi connectivity index (χ1v) is 6.20. The smallest absolute Gasteiger partial charge is 0.188 e. The summed E-state index contributed by atoms with van der Waals surface area (Å²) in [5.74, 6) is 1.78. The molecule has 5 nitrogen and oxygen atoms in total. The van der Waals surface area contributed by atoms with Crippen LogP contribution in [0.1, 0.15) is 38.4 Å². The molecule has 3 rings (SSSR count). The lowest BCUT2D eigenvalue weighted by atomic mass is 9.58. The Morgan fingerprint density at radius 2 is 2.12 bits per heavy atom. The first-order chi connectivity index (χ1) is 7.76. The number of aromatic amines is 1. The SMILES string of the molecule is CC1CC2(CCN(Cc3nn[nH]n3)CC2)C1. The van der Waals surface area contributed by atoms with Gasteiger partial charge >= 0.3 is 0 Å². The Morgan fingerprint density at radius 1 is 1.38 bits per heavy atom. The van der Waals surface area contributed by atoms with Crippen molar-refractivity contribution in [2.75, 3.05) is 13.1 Å². The van der Waals surface area contributed by atoms with Crippen LogP contribution in [0.15, 0.2) is 0 Å². The fourth-order valence-electron chi connectivity index (χ4n) is 3.46. The highest BCUT2D eigenvalue weighted by Gasteiger charge is 2.43. The zero-order valence-electron chi connectivity index (χ0n) is 9.82. The van der Waals surface area contributed by atoms with Crippen LogP contribution in [0.5, 0.6) is 0 Å². The minimum atomic E-state index is 0.702. The molecule has 1 N–H and O–H groups in total. The highest BCUT2D eigenvalue weighted by molar-refractivity contribution is 4.96. The van der Waals surface area contributed by atoms with Crippen LogP contribution in [0, 0.1) is 11.3 Å². The third-order valence-electron chi connectivity index (χ3n) is 4.23. The maximum atomic E-state index is 4.00. The Bertz CT molecular complexity index is 331. The van der Waals surface area contributed by atoms with Gasteiger partial charge in [-0.2, -0.15) is 5.21 Å². The fraction of sp³-hybridized carbons (Fsp3) is 0.909. The second kappa shape index (κ2) is 3.80. The molecule has 5 heteroatoms. The van der Waals surface area contributed by atoms with Gasteiger partial charge in [0.25, 0.3) is 0 Å². The molecule has 1 saturated heterocycles. The van der Waals surface area contributed by atoms with E-state index >= 15 is 0 Å². The number of aromatic nitrogens is 4. The lowest BCUT2D eigenvalue weighted by molar-refractivity contribution is -0.00855. The van der Waals surface area contributed by atoms with Gasteiger partial charge in [0.2, 0.25) is 0 Å². The van der Waals surface area contributed by atoms with Crippen LogP contribution in [0.4, 0.5) is 0 Å². The lowest BCUT2D eigenvalue weighted by Crippen LogP contribution is -2.46. The molecule has 1 spiro atoms. The minimum absolute atomic E-state index is 0.702. The zero-order valence-corrected chi connectivity index (χ0v) is 9.82. The summed E-state index contributed by atoms with van der Waals surface area (Å²) < 4.78 is 0. The molecular formula is C11H19N5. The van der Waals surface area contributed by atoms with Gasteiger partial charge in [-0.15, -0.1) is 10.2 Å². The van der Waals surface area contributed by atoms with Crippen molar-refractivity contribution in [3.05, 3.63) is 5.82 Å². The van der Waals surface area contributed by atoms with Crippen molar-refractivity contribution in [1.82, 2.24) is 25.5 Å². The Kier molecular flexibility index (Phi) is 2.42. The summed E-state index contributed by atoms with van der Waals surface area (Å²) in [6.07, 6.45) is 5.61. The Labute approximate surface area is 95.6 Å². The predicted molar refractivity (Wildman–Crippen MR) is 59.5 cm³/mol. The second-order valence-corrected chi connectivity index (χ2v) is 5.62. The van der Waals surface area contributed by atoms with Crippen molar-refractivity contribution >= 4 is 0 Å². The van der Waals surface area contributed by atoms with E-state index in [1.54, 1.807) is 0 Å². The number of hydrogen-bond donors (Lipinski definition) is 1. The summed E-state index contributed by atoms with van der Waals surface area (Å²) in [4.78, 5) is 2.44. The van der Waals surface area contributed by atoms with E-state index in [2.05, 4.69) is 32.4 Å². The Hall–Kier alpha value is -0.970. The van der Waals surface area contributed by atoms with Gasteiger partial charge < -0.3 is 0 Å². The van der Waals surface area contributed by atoms with Crippen molar-refractivity contribution in [2.24, 2.45) is 11.3 Å². The molecule has 0 atom stereocenters. The number of nitrogens with one attached hydrogen (secondary N) is 1. The minimum Gasteiger partial charge on any atom is -0.296 e. The van der Waals surface area contributed by atoms with E-state index in [0.717, 1.165) is 18.3 Å². The van der Waals surface area contributed by atoms with Crippen LogP contribution in [0.25, 0.3) is 0 Å². The molecule has 1 aromatic heterocycles. The molecule has 0 unspecified atom stereocenters. The standard InChI is InChI=1S/C11H19N5/c1-9-6-11(7-9)2-4-16(5-3-11)8-10-12-14-15-13-10/h9H,2-8H2,1H3,(H,12,13,14,15). The van der Waals surface area contributed by atoms with Crippen LogP contribution in [-0.2, 0) is 6.54 Å². The van der Waals surface area contributed by atoms with Crippen molar-refractivity contribution < 1.29 is 0 Å². The molecule has 2 aliphatic rings. The van der Waals surface area contributed by atoms with Gasteiger partial charge in [-0.25, -0.2) is 0 Å². The third kappa shape index (κ3) is 1.84. The fourth-order valence-corrected chi connectivity index (χ4v) is 3.46. The largest absolute Gasteiger partial charge is 0.296 e. The summed E-state index contributed by atoms with van der Waals surface area (Å²) in [6.45, 7) is 5.61. The van der Waals surface area contributed by atoms with Crippen LogP contribution in [0.3, 0.4) is 0 Å². The monoisotopic (exact) mass is 221 g/mol. The van der Waals surface area contributed by atoms with Gasteiger partial charge in [0.1, 0.15) is 0 Å². The molecule has 1 aliphatic heterocycles. The predicted octanol–water partition coefficient (Wildman–Crippen LogP) is 1.21. The van der Waals surface area contributed by atoms with Gasteiger partial charge in [0, 0.05) is 0 Å². The molecule has 0 bridgehead atoms. The quantitative estimate of drug-likeness (QED) is 0.815. The molecule has 0 aromatic carbocycles. The first kappa shape index (κ1) is 10.2. The Morgan fingerprint density at radius 3 is 2.69 bits per heavy atom. The average Bonchev–Trinajstić information content (AvgIpc) is 2.72. The highest BCUT2D eigenvalue weighted by Crippen LogP contribution is 2.52. The summed E-state index contributed by atoms with van der Waals surface area (Å²) in [5, 5.41) is 14.1. The van der Waals surface area contributed by atoms with E-state index in [0.29, 0.717) is 5.41 Å². The number of nitrogens with zero attached hydrogens (tertiary/aromatic N) is 4. The summed E-state index contributed by atoms with van der Waals surface area (Å²) in [6, 6.07) is 0. The number of hydrogen-bond acceptors (Lipinski definition) is 4. The van der Waals surface area contributed by atoms with Gasteiger partial charge in [0.15, 0.2) is 5.82 Å². The van der Waals surface area contributed by atoms with Crippen molar-refractivity contribution in [3.8, 4) is 0 Å². The molecular weight excluding hydrogens is 202 g/mol. The number of piperidine rings is 1. The molecule has 0 radical (unpaired) electrons. The number of tetrazole rings is 1. The number of likely N-dealkylation sites (tertiary alicyclic amines) is 1. The average molecular weight is 221 g/mol.